The molecule has 6 nitrogen and oxygen atoms in total. The van der Waals surface area contributed by atoms with E-state index in [9.17, 15) is 4.79 Å². The van der Waals surface area contributed by atoms with Gasteiger partial charge in [-0.25, -0.2) is 9.97 Å². The van der Waals surface area contributed by atoms with Crippen LogP contribution in [-0.4, -0.2) is 27.5 Å². The van der Waals surface area contributed by atoms with Gasteiger partial charge in [0.2, 0.25) is 5.91 Å². The van der Waals surface area contributed by atoms with E-state index in [1.165, 1.54) is 0 Å². The predicted molar refractivity (Wildman–Crippen MR) is 77.0 cm³/mol. The third kappa shape index (κ3) is 2.20. The second-order valence-corrected chi connectivity index (χ2v) is 4.93. The van der Waals surface area contributed by atoms with Crippen LogP contribution in [-0.2, 0) is 11.3 Å². The smallest absolute Gasteiger partial charge is 0.239 e. The zero-order valence-corrected chi connectivity index (χ0v) is 12.2. The standard InChI is InChI=1S/C13H11BrN4O2/c1-15-11(19)7-18-12-8(3-2-6-16-12)17-13(18)9-4-5-10(14)20-9/h2-6H,7H2,1H3,(H,15,19). The van der Waals surface area contributed by atoms with Crippen LogP contribution >= 0.6 is 15.9 Å². The molecule has 7 heteroatoms. The van der Waals surface area contributed by atoms with Gasteiger partial charge in [-0.05, 0) is 40.2 Å². The molecule has 3 rings (SSSR count). The lowest BCUT2D eigenvalue weighted by molar-refractivity contribution is -0.121. The first kappa shape index (κ1) is 12.9. The van der Waals surface area contributed by atoms with E-state index in [0.717, 1.165) is 5.52 Å². The van der Waals surface area contributed by atoms with Gasteiger partial charge >= 0.3 is 0 Å². The zero-order valence-electron chi connectivity index (χ0n) is 10.6. The molecule has 0 aromatic carbocycles. The number of fused-ring (bicyclic) bond motifs is 1. The number of nitrogens with one attached hydrogen (secondary N) is 1. The van der Waals surface area contributed by atoms with Crippen molar-refractivity contribution in [1.82, 2.24) is 19.9 Å². The Bertz CT molecular complexity index is 778. The van der Waals surface area contributed by atoms with E-state index in [0.29, 0.717) is 21.9 Å². The molecule has 0 spiro atoms. The van der Waals surface area contributed by atoms with Gasteiger partial charge in [0.25, 0.3) is 0 Å². The minimum atomic E-state index is -0.123. The molecule has 0 aliphatic rings. The number of likely N-dealkylation sites (N-methyl/N-ethyl adjacent to an activating group) is 1. The van der Waals surface area contributed by atoms with Gasteiger partial charge in [0.1, 0.15) is 12.1 Å². The summed E-state index contributed by atoms with van der Waals surface area (Å²) in [6.07, 6.45) is 1.67. The van der Waals surface area contributed by atoms with Crippen molar-refractivity contribution in [3.8, 4) is 11.6 Å². The first-order valence-corrected chi connectivity index (χ1v) is 6.76. The van der Waals surface area contributed by atoms with E-state index < -0.39 is 0 Å². The lowest BCUT2D eigenvalue weighted by atomic mass is 10.4. The molecule has 3 aromatic heterocycles. The van der Waals surface area contributed by atoms with E-state index in [-0.39, 0.29) is 12.5 Å². The molecule has 1 N–H and O–H groups in total. The van der Waals surface area contributed by atoms with Gasteiger partial charge in [-0.3, -0.25) is 9.36 Å². The number of imidazole rings is 1. The molecule has 0 aliphatic heterocycles. The number of aromatic nitrogens is 3. The predicted octanol–water partition coefficient (Wildman–Crippen LogP) is 2.20. The summed E-state index contributed by atoms with van der Waals surface area (Å²) in [7, 11) is 1.60. The Morgan fingerprint density at radius 3 is 3.00 bits per heavy atom. The van der Waals surface area contributed by atoms with E-state index >= 15 is 0 Å². The molecule has 1 amide bonds. The van der Waals surface area contributed by atoms with Crippen molar-refractivity contribution in [2.24, 2.45) is 0 Å². The average Bonchev–Trinajstić information content (AvgIpc) is 3.03. The molecule has 0 radical (unpaired) electrons. The zero-order chi connectivity index (χ0) is 14.1. The highest BCUT2D eigenvalue weighted by Crippen LogP contribution is 2.27. The number of pyridine rings is 1. The van der Waals surface area contributed by atoms with Gasteiger partial charge < -0.3 is 9.73 Å². The number of furan rings is 1. The minimum Gasteiger partial charge on any atom is -0.446 e. The molecule has 0 aliphatic carbocycles. The highest BCUT2D eigenvalue weighted by molar-refractivity contribution is 9.10. The lowest BCUT2D eigenvalue weighted by Gasteiger charge is -2.05. The van der Waals surface area contributed by atoms with Crippen molar-refractivity contribution in [2.45, 2.75) is 6.54 Å². The number of nitrogens with zero attached hydrogens (tertiary/aromatic N) is 3. The fourth-order valence-corrected chi connectivity index (χ4v) is 2.26. The quantitative estimate of drug-likeness (QED) is 0.796. The van der Waals surface area contributed by atoms with Crippen LogP contribution in [0.25, 0.3) is 22.7 Å². The average molecular weight is 335 g/mol. The lowest BCUT2D eigenvalue weighted by Crippen LogP contribution is -2.23. The SMILES string of the molecule is CNC(=O)Cn1c(-c2ccc(Br)o2)nc2cccnc21. The summed E-state index contributed by atoms with van der Waals surface area (Å²) < 4.78 is 7.87. The normalized spacial score (nSPS) is 10.9. The Hall–Kier alpha value is -2.15. The second-order valence-electron chi connectivity index (χ2n) is 4.14. The molecular formula is C13H11BrN4O2. The number of hydrogen-bond acceptors (Lipinski definition) is 4. The Morgan fingerprint density at radius 1 is 1.45 bits per heavy atom. The molecule has 3 aromatic rings. The number of rotatable bonds is 3. The van der Waals surface area contributed by atoms with Crippen LogP contribution in [0.4, 0.5) is 0 Å². The summed E-state index contributed by atoms with van der Waals surface area (Å²) in [5.41, 5.74) is 1.37. The summed E-state index contributed by atoms with van der Waals surface area (Å²) in [6.45, 7) is 0.137. The van der Waals surface area contributed by atoms with Crippen LogP contribution in [0.15, 0.2) is 39.5 Å². The topological polar surface area (TPSA) is 73.0 Å². The van der Waals surface area contributed by atoms with Gasteiger partial charge in [-0.15, -0.1) is 0 Å². The van der Waals surface area contributed by atoms with E-state index in [1.807, 2.05) is 6.07 Å². The first-order valence-electron chi connectivity index (χ1n) is 5.96. The van der Waals surface area contributed by atoms with Crippen LogP contribution in [0.3, 0.4) is 0 Å². The van der Waals surface area contributed by atoms with Gasteiger partial charge in [0.15, 0.2) is 21.9 Å². The fourth-order valence-electron chi connectivity index (χ4n) is 1.95. The molecule has 102 valence electrons. The highest BCUT2D eigenvalue weighted by Gasteiger charge is 2.17. The maximum atomic E-state index is 11.7. The molecule has 0 fully saturated rings. The molecule has 0 atom stereocenters. The largest absolute Gasteiger partial charge is 0.446 e. The van der Waals surface area contributed by atoms with Crippen LogP contribution in [0.5, 0.6) is 0 Å². The molecule has 3 heterocycles. The molecule has 0 saturated carbocycles. The van der Waals surface area contributed by atoms with Crippen molar-refractivity contribution in [3.63, 3.8) is 0 Å². The molecule has 0 bridgehead atoms. The summed E-state index contributed by atoms with van der Waals surface area (Å²) in [5.74, 6) is 1.04. The van der Waals surface area contributed by atoms with E-state index in [2.05, 4.69) is 31.2 Å². The molecule has 0 unspecified atom stereocenters. The van der Waals surface area contributed by atoms with Gasteiger partial charge in [0, 0.05) is 13.2 Å². The van der Waals surface area contributed by atoms with Crippen LogP contribution in [0, 0.1) is 0 Å². The van der Waals surface area contributed by atoms with Crippen molar-refractivity contribution in [2.75, 3.05) is 7.05 Å². The maximum Gasteiger partial charge on any atom is 0.239 e. The summed E-state index contributed by atoms with van der Waals surface area (Å²) in [4.78, 5) is 20.5. The second kappa shape index (κ2) is 5.09. The number of carbonyl (C=O) groups is 1. The van der Waals surface area contributed by atoms with Gasteiger partial charge in [0.05, 0.1) is 0 Å². The Labute approximate surface area is 122 Å². The number of hydrogen-bond donors (Lipinski definition) is 1. The number of carbonyl (C=O) groups excluding carboxylic acids is 1. The molecular weight excluding hydrogens is 324 g/mol. The number of halogens is 1. The highest BCUT2D eigenvalue weighted by atomic mass is 79.9. The third-order valence-electron chi connectivity index (χ3n) is 2.88. The van der Waals surface area contributed by atoms with Gasteiger partial charge in [-0.2, -0.15) is 0 Å². The van der Waals surface area contributed by atoms with Crippen molar-refractivity contribution < 1.29 is 9.21 Å². The Morgan fingerprint density at radius 2 is 2.30 bits per heavy atom. The third-order valence-corrected chi connectivity index (χ3v) is 3.30. The fraction of sp³-hybridized carbons (Fsp3) is 0.154. The summed E-state index contributed by atoms with van der Waals surface area (Å²) in [5, 5.41) is 2.60. The number of amides is 1. The van der Waals surface area contributed by atoms with Crippen LogP contribution in [0.2, 0.25) is 0 Å². The molecule has 20 heavy (non-hydrogen) atoms. The first-order chi connectivity index (χ1) is 9.69. The van der Waals surface area contributed by atoms with Crippen molar-refractivity contribution in [1.29, 1.82) is 0 Å². The Balaban J connectivity index is 2.19. The summed E-state index contributed by atoms with van der Waals surface area (Å²) >= 11 is 3.26. The van der Waals surface area contributed by atoms with Crippen molar-refractivity contribution >= 4 is 33.0 Å². The van der Waals surface area contributed by atoms with Crippen LogP contribution < -0.4 is 5.32 Å². The van der Waals surface area contributed by atoms with Crippen molar-refractivity contribution in [3.05, 3.63) is 35.1 Å². The molecule has 0 saturated heterocycles. The monoisotopic (exact) mass is 334 g/mol. The summed E-state index contributed by atoms with van der Waals surface area (Å²) in [6, 6.07) is 7.24. The Kier molecular flexibility index (Phi) is 3.27. The van der Waals surface area contributed by atoms with E-state index in [4.69, 9.17) is 4.42 Å². The van der Waals surface area contributed by atoms with Gasteiger partial charge in [-0.1, -0.05) is 0 Å². The van der Waals surface area contributed by atoms with E-state index in [1.54, 1.807) is 36.0 Å². The minimum absolute atomic E-state index is 0.123. The van der Waals surface area contributed by atoms with Crippen LogP contribution in [0.1, 0.15) is 0 Å². The maximum absolute atomic E-state index is 11.7.